The zero-order valence-corrected chi connectivity index (χ0v) is 7.21. The Hall–Kier alpha value is -1.35. The summed E-state index contributed by atoms with van der Waals surface area (Å²) >= 11 is 1.51. The average molecular weight is 176 g/mol. The third-order valence-electron chi connectivity index (χ3n) is 1.53. The molecule has 0 aliphatic heterocycles. The third kappa shape index (κ3) is 1.31. The van der Waals surface area contributed by atoms with Crippen molar-refractivity contribution in [2.24, 2.45) is 0 Å². The smallest absolute Gasteiger partial charge is 0.181 e. The van der Waals surface area contributed by atoms with Crippen molar-refractivity contribution >= 4 is 28.6 Å². The third-order valence-corrected chi connectivity index (χ3v) is 2.40. The van der Waals surface area contributed by atoms with Crippen molar-refractivity contribution in [1.82, 2.24) is 4.98 Å². The van der Waals surface area contributed by atoms with Crippen LogP contribution in [0, 0.1) is 0 Å². The number of nitrogen functional groups attached to an aromatic ring is 1. The Balaban J connectivity index is 2.79. The van der Waals surface area contributed by atoms with Crippen LogP contribution in [0.5, 0.6) is 0 Å². The number of nitrogens with two attached hydrogens (primary N) is 1. The van der Waals surface area contributed by atoms with Gasteiger partial charge in [0, 0.05) is 0 Å². The molecule has 2 rings (SSSR count). The van der Waals surface area contributed by atoms with E-state index in [-0.39, 0.29) is 0 Å². The molecule has 12 heavy (non-hydrogen) atoms. The molecule has 1 aromatic heterocycles. The van der Waals surface area contributed by atoms with Gasteiger partial charge >= 0.3 is 0 Å². The average Bonchev–Trinajstić information content (AvgIpc) is 2.32. The largest absolute Gasteiger partial charge is 0.375 e. The monoisotopic (exact) mass is 176 g/mol. The van der Waals surface area contributed by atoms with Crippen molar-refractivity contribution in [3.8, 4) is 0 Å². The molecule has 1 aliphatic rings. The maximum atomic E-state index is 5.58. The molecule has 2 nitrogen and oxygen atoms in total. The van der Waals surface area contributed by atoms with Crippen LogP contribution in [0.2, 0.25) is 0 Å². The Labute approximate surface area is 74.1 Å². The Morgan fingerprint density at radius 1 is 1.08 bits per heavy atom. The van der Waals surface area contributed by atoms with Crippen LogP contribution in [-0.2, 0) is 0 Å². The van der Waals surface area contributed by atoms with Crippen LogP contribution in [0.4, 0.5) is 5.13 Å². The van der Waals surface area contributed by atoms with Gasteiger partial charge in [0.1, 0.15) is 0 Å². The molecule has 0 spiro atoms. The van der Waals surface area contributed by atoms with E-state index in [1.807, 2.05) is 36.5 Å². The number of fused-ring (bicyclic) bond motifs is 1. The number of hydrogen-bond donors (Lipinski definition) is 1. The topological polar surface area (TPSA) is 38.9 Å². The molecular weight excluding hydrogens is 168 g/mol. The molecule has 0 radical (unpaired) electrons. The minimum absolute atomic E-state index is 0.621. The second-order valence-electron chi connectivity index (χ2n) is 2.40. The van der Waals surface area contributed by atoms with Crippen molar-refractivity contribution in [2.45, 2.75) is 0 Å². The van der Waals surface area contributed by atoms with E-state index in [0.717, 1.165) is 9.88 Å². The minimum Gasteiger partial charge on any atom is -0.375 e. The van der Waals surface area contributed by atoms with Crippen LogP contribution in [0.3, 0.4) is 0 Å². The van der Waals surface area contributed by atoms with Gasteiger partial charge in [-0.05, 0) is 12.2 Å². The van der Waals surface area contributed by atoms with Gasteiger partial charge in [-0.3, -0.25) is 0 Å². The maximum Gasteiger partial charge on any atom is 0.181 e. The summed E-state index contributed by atoms with van der Waals surface area (Å²) in [5.41, 5.74) is 5.58. The fourth-order valence-corrected chi connectivity index (χ4v) is 1.75. The molecule has 0 saturated carbocycles. The number of nitrogens with zero attached hydrogens (tertiary/aromatic N) is 1. The van der Waals surface area contributed by atoms with Gasteiger partial charge < -0.3 is 5.73 Å². The fraction of sp³-hybridized carbons (Fsp3) is 0. The predicted octanol–water partition coefficient (Wildman–Crippen LogP) is 0.412. The van der Waals surface area contributed by atoms with Crippen LogP contribution in [0.25, 0.3) is 12.2 Å². The molecule has 2 N–H and O–H groups in total. The summed E-state index contributed by atoms with van der Waals surface area (Å²) in [6.45, 7) is 0. The Kier molecular flexibility index (Phi) is 1.80. The Morgan fingerprint density at radius 3 is 2.67 bits per heavy atom. The summed E-state index contributed by atoms with van der Waals surface area (Å²) in [5.74, 6) is 0. The number of thiazole rings is 1. The van der Waals surface area contributed by atoms with Crippen molar-refractivity contribution in [3.63, 3.8) is 0 Å². The first-order chi connectivity index (χ1) is 5.86. The van der Waals surface area contributed by atoms with Gasteiger partial charge in [0.25, 0.3) is 0 Å². The lowest BCUT2D eigenvalue weighted by molar-refractivity contribution is 1.32. The summed E-state index contributed by atoms with van der Waals surface area (Å²) in [5, 5.41) is 1.58. The highest BCUT2D eigenvalue weighted by atomic mass is 32.1. The summed E-state index contributed by atoms with van der Waals surface area (Å²) in [6, 6.07) is 0. The van der Waals surface area contributed by atoms with Crippen molar-refractivity contribution in [1.29, 1.82) is 0 Å². The van der Waals surface area contributed by atoms with Gasteiger partial charge in [-0.2, -0.15) is 0 Å². The van der Waals surface area contributed by atoms with Crippen molar-refractivity contribution < 1.29 is 0 Å². The van der Waals surface area contributed by atoms with Gasteiger partial charge in [-0.15, -0.1) is 0 Å². The molecule has 0 aromatic carbocycles. The van der Waals surface area contributed by atoms with Crippen LogP contribution in [0.1, 0.15) is 0 Å². The first kappa shape index (κ1) is 7.31. The van der Waals surface area contributed by atoms with E-state index >= 15 is 0 Å². The SMILES string of the molecule is Nc1nc2c(s1)=CC=CC=CC=2. The highest BCUT2D eigenvalue weighted by Gasteiger charge is 1.92. The number of anilines is 1. The highest BCUT2D eigenvalue weighted by molar-refractivity contribution is 7.13. The summed E-state index contributed by atoms with van der Waals surface area (Å²) in [4.78, 5) is 4.18. The maximum absolute atomic E-state index is 5.58. The number of aromatic nitrogens is 1. The van der Waals surface area contributed by atoms with E-state index in [1.165, 1.54) is 11.3 Å². The normalized spacial score (nSPS) is 14.0. The molecule has 1 aliphatic carbocycles. The summed E-state index contributed by atoms with van der Waals surface area (Å²) < 4.78 is 1.12. The Bertz CT molecular complexity index is 410. The molecule has 0 saturated heterocycles. The lowest BCUT2D eigenvalue weighted by atomic mass is 10.3. The van der Waals surface area contributed by atoms with E-state index in [4.69, 9.17) is 5.73 Å². The van der Waals surface area contributed by atoms with Gasteiger partial charge in [0.15, 0.2) is 5.13 Å². The van der Waals surface area contributed by atoms with E-state index in [9.17, 15) is 0 Å². The lowest BCUT2D eigenvalue weighted by Gasteiger charge is -1.79. The molecule has 1 aromatic rings. The summed E-state index contributed by atoms with van der Waals surface area (Å²) in [6.07, 6.45) is 11.9. The minimum atomic E-state index is 0.621. The van der Waals surface area contributed by atoms with Crippen LogP contribution < -0.4 is 15.6 Å². The molecular formula is C9H8N2S. The van der Waals surface area contributed by atoms with Gasteiger partial charge in [-0.25, -0.2) is 4.98 Å². The Morgan fingerprint density at radius 2 is 1.83 bits per heavy atom. The zero-order valence-electron chi connectivity index (χ0n) is 6.40. The molecule has 0 atom stereocenters. The fourth-order valence-electron chi connectivity index (χ4n) is 1.02. The molecule has 0 unspecified atom stereocenters. The van der Waals surface area contributed by atoms with Crippen molar-refractivity contribution in [3.05, 3.63) is 34.2 Å². The molecule has 0 fully saturated rings. The first-order valence-electron chi connectivity index (χ1n) is 3.64. The molecule has 1 heterocycles. The van der Waals surface area contributed by atoms with E-state index in [1.54, 1.807) is 0 Å². The molecule has 0 bridgehead atoms. The predicted molar refractivity (Wildman–Crippen MR) is 53.0 cm³/mol. The molecule has 3 heteroatoms. The van der Waals surface area contributed by atoms with Gasteiger partial charge in [0.05, 0.1) is 9.88 Å². The van der Waals surface area contributed by atoms with Crippen LogP contribution in [-0.4, -0.2) is 4.98 Å². The molecule has 0 amide bonds. The lowest BCUT2D eigenvalue weighted by Crippen LogP contribution is -2.20. The first-order valence-corrected chi connectivity index (χ1v) is 4.45. The zero-order chi connectivity index (χ0) is 8.39. The standard InChI is InChI=1S/C9H8N2S/c10-9-11-7-5-3-1-2-4-6-8(7)12-9/h1-6H,(H2,10,11). The van der Waals surface area contributed by atoms with Gasteiger partial charge in [0.2, 0.25) is 0 Å². The quantitative estimate of drug-likeness (QED) is 0.622. The van der Waals surface area contributed by atoms with E-state index in [2.05, 4.69) is 4.98 Å². The number of hydrogen-bond acceptors (Lipinski definition) is 3. The number of allylic oxidation sites excluding steroid dienone is 4. The van der Waals surface area contributed by atoms with Gasteiger partial charge in [-0.1, -0.05) is 35.6 Å². The second-order valence-corrected chi connectivity index (χ2v) is 3.47. The molecule has 60 valence electrons. The number of rotatable bonds is 0. The van der Waals surface area contributed by atoms with Crippen LogP contribution >= 0.6 is 11.3 Å². The summed E-state index contributed by atoms with van der Waals surface area (Å²) in [7, 11) is 0. The van der Waals surface area contributed by atoms with E-state index < -0.39 is 0 Å². The van der Waals surface area contributed by atoms with Crippen molar-refractivity contribution in [2.75, 3.05) is 5.73 Å². The van der Waals surface area contributed by atoms with Crippen LogP contribution in [0.15, 0.2) is 24.3 Å². The second kappa shape index (κ2) is 2.95. The highest BCUT2D eigenvalue weighted by Crippen LogP contribution is 1.95. The van der Waals surface area contributed by atoms with E-state index in [0.29, 0.717) is 5.13 Å².